The molecule has 0 aromatic carbocycles. The molecule has 1 rings (SSSR count). The van der Waals surface area contributed by atoms with Crippen LogP contribution in [0.1, 0.15) is 16.1 Å². The molecule has 12 heavy (non-hydrogen) atoms. The van der Waals surface area contributed by atoms with Crippen molar-refractivity contribution in [2.24, 2.45) is 0 Å². The van der Waals surface area contributed by atoms with Crippen molar-refractivity contribution in [1.29, 1.82) is 0 Å². The summed E-state index contributed by atoms with van der Waals surface area (Å²) in [6.07, 6.45) is 1.53. The maximum absolute atomic E-state index is 11.0. The Morgan fingerprint density at radius 1 is 1.67 bits per heavy atom. The lowest BCUT2D eigenvalue weighted by Gasteiger charge is -2.03. The Hall–Kier alpha value is -1.58. The van der Waals surface area contributed by atoms with E-state index in [9.17, 15) is 4.79 Å². The summed E-state index contributed by atoms with van der Waals surface area (Å²) in [4.78, 5) is 14.8. The van der Waals surface area contributed by atoms with Crippen LogP contribution in [0.4, 0.5) is 5.69 Å². The molecular weight excluding hydrogens is 156 g/mol. The van der Waals surface area contributed by atoms with Crippen molar-refractivity contribution in [1.82, 2.24) is 4.98 Å². The van der Waals surface area contributed by atoms with E-state index in [1.165, 1.54) is 13.3 Å². The Morgan fingerprint density at radius 2 is 2.33 bits per heavy atom. The Bertz CT molecular complexity index is 310. The Balaban J connectivity index is 3.16. The van der Waals surface area contributed by atoms with Crippen LogP contribution in [-0.4, -0.2) is 18.1 Å². The minimum Gasteiger partial charge on any atom is -0.464 e. The van der Waals surface area contributed by atoms with Crippen LogP contribution in [-0.2, 0) is 4.74 Å². The van der Waals surface area contributed by atoms with Crippen molar-refractivity contribution in [2.45, 2.75) is 6.92 Å². The van der Waals surface area contributed by atoms with Gasteiger partial charge in [-0.2, -0.15) is 0 Å². The topological polar surface area (TPSA) is 65.2 Å². The van der Waals surface area contributed by atoms with Gasteiger partial charge in [0.05, 0.1) is 12.8 Å². The largest absolute Gasteiger partial charge is 0.464 e. The predicted molar refractivity (Wildman–Crippen MR) is 44.7 cm³/mol. The van der Waals surface area contributed by atoms with Gasteiger partial charge in [-0.05, 0) is 18.6 Å². The number of esters is 1. The molecule has 0 amide bonds. The SMILES string of the molecule is COC(=O)c1nccc(C)c1N. The molecule has 0 spiro atoms. The second-order valence-electron chi connectivity index (χ2n) is 2.38. The number of methoxy groups -OCH3 is 1. The normalized spacial score (nSPS) is 9.50. The quantitative estimate of drug-likeness (QED) is 0.625. The van der Waals surface area contributed by atoms with Crippen molar-refractivity contribution in [3.05, 3.63) is 23.5 Å². The lowest BCUT2D eigenvalue weighted by atomic mass is 10.2. The van der Waals surface area contributed by atoms with Gasteiger partial charge in [-0.3, -0.25) is 0 Å². The molecule has 4 heteroatoms. The van der Waals surface area contributed by atoms with E-state index < -0.39 is 5.97 Å². The molecule has 0 aliphatic heterocycles. The van der Waals surface area contributed by atoms with Gasteiger partial charge in [0.25, 0.3) is 0 Å². The van der Waals surface area contributed by atoms with E-state index in [-0.39, 0.29) is 5.69 Å². The van der Waals surface area contributed by atoms with Crippen LogP contribution >= 0.6 is 0 Å². The maximum atomic E-state index is 11.0. The van der Waals surface area contributed by atoms with Crippen molar-refractivity contribution < 1.29 is 9.53 Å². The second kappa shape index (κ2) is 3.21. The van der Waals surface area contributed by atoms with Crippen molar-refractivity contribution in [3.8, 4) is 0 Å². The molecule has 0 fully saturated rings. The highest BCUT2D eigenvalue weighted by Crippen LogP contribution is 2.13. The highest BCUT2D eigenvalue weighted by molar-refractivity contribution is 5.93. The molecule has 64 valence electrons. The monoisotopic (exact) mass is 166 g/mol. The number of ether oxygens (including phenoxy) is 1. The molecule has 0 bridgehead atoms. The number of aromatic nitrogens is 1. The number of anilines is 1. The van der Waals surface area contributed by atoms with Crippen LogP contribution in [0, 0.1) is 6.92 Å². The van der Waals surface area contributed by atoms with Gasteiger partial charge >= 0.3 is 5.97 Å². The number of nitrogen functional groups attached to an aromatic ring is 1. The highest BCUT2D eigenvalue weighted by atomic mass is 16.5. The maximum Gasteiger partial charge on any atom is 0.358 e. The smallest absolute Gasteiger partial charge is 0.358 e. The first-order valence-corrected chi connectivity index (χ1v) is 3.46. The van der Waals surface area contributed by atoms with Gasteiger partial charge in [0.2, 0.25) is 0 Å². The van der Waals surface area contributed by atoms with Gasteiger partial charge < -0.3 is 10.5 Å². The number of rotatable bonds is 1. The molecule has 1 aromatic heterocycles. The van der Waals surface area contributed by atoms with E-state index in [1.54, 1.807) is 6.07 Å². The highest BCUT2D eigenvalue weighted by Gasteiger charge is 2.11. The fourth-order valence-corrected chi connectivity index (χ4v) is 0.829. The number of aryl methyl sites for hydroxylation is 1. The van der Waals surface area contributed by atoms with Gasteiger partial charge in [-0.25, -0.2) is 9.78 Å². The number of carbonyl (C=O) groups is 1. The Morgan fingerprint density at radius 3 is 2.92 bits per heavy atom. The van der Waals surface area contributed by atoms with Gasteiger partial charge in [0, 0.05) is 6.20 Å². The van der Waals surface area contributed by atoms with Crippen LogP contribution in [0.15, 0.2) is 12.3 Å². The van der Waals surface area contributed by atoms with Crippen LogP contribution in [0.3, 0.4) is 0 Å². The fourth-order valence-electron chi connectivity index (χ4n) is 0.829. The number of pyridine rings is 1. The third kappa shape index (κ3) is 1.37. The molecule has 2 N–H and O–H groups in total. The van der Waals surface area contributed by atoms with E-state index in [0.29, 0.717) is 5.69 Å². The first-order chi connectivity index (χ1) is 5.66. The predicted octanol–water partition coefficient (Wildman–Crippen LogP) is 0.759. The molecule has 0 aliphatic carbocycles. The summed E-state index contributed by atoms with van der Waals surface area (Å²) in [5.74, 6) is -0.504. The second-order valence-corrected chi connectivity index (χ2v) is 2.38. The lowest BCUT2D eigenvalue weighted by Crippen LogP contribution is -2.09. The average molecular weight is 166 g/mol. The van der Waals surface area contributed by atoms with Crippen LogP contribution in [0.5, 0.6) is 0 Å². The Kier molecular flexibility index (Phi) is 2.28. The molecule has 1 heterocycles. The number of hydrogen-bond acceptors (Lipinski definition) is 4. The summed E-state index contributed by atoms with van der Waals surface area (Å²) >= 11 is 0. The summed E-state index contributed by atoms with van der Waals surface area (Å²) in [5, 5.41) is 0. The molecule has 0 aliphatic rings. The molecular formula is C8H10N2O2. The van der Waals surface area contributed by atoms with Crippen LogP contribution in [0.25, 0.3) is 0 Å². The number of carbonyl (C=O) groups excluding carboxylic acids is 1. The summed E-state index contributed by atoms with van der Waals surface area (Å²) in [7, 11) is 1.30. The molecule has 1 aromatic rings. The van der Waals surface area contributed by atoms with Crippen molar-refractivity contribution in [3.63, 3.8) is 0 Å². The molecule has 4 nitrogen and oxygen atoms in total. The van der Waals surface area contributed by atoms with Crippen LogP contribution in [0.2, 0.25) is 0 Å². The van der Waals surface area contributed by atoms with Gasteiger partial charge in [-0.1, -0.05) is 0 Å². The minimum absolute atomic E-state index is 0.178. The zero-order valence-electron chi connectivity index (χ0n) is 7.00. The van der Waals surface area contributed by atoms with E-state index in [2.05, 4.69) is 9.72 Å². The van der Waals surface area contributed by atoms with Gasteiger partial charge in [-0.15, -0.1) is 0 Å². The van der Waals surface area contributed by atoms with E-state index in [0.717, 1.165) is 5.56 Å². The number of hydrogen-bond donors (Lipinski definition) is 1. The first-order valence-electron chi connectivity index (χ1n) is 3.46. The van der Waals surface area contributed by atoms with Crippen molar-refractivity contribution >= 4 is 11.7 Å². The van der Waals surface area contributed by atoms with E-state index in [4.69, 9.17) is 5.73 Å². The summed E-state index contributed by atoms with van der Waals surface area (Å²) in [6.45, 7) is 1.81. The van der Waals surface area contributed by atoms with E-state index >= 15 is 0 Å². The van der Waals surface area contributed by atoms with E-state index in [1.807, 2.05) is 6.92 Å². The van der Waals surface area contributed by atoms with Crippen molar-refractivity contribution in [2.75, 3.05) is 12.8 Å². The number of nitrogens with zero attached hydrogens (tertiary/aromatic N) is 1. The molecule has 0 radical (unpaired) electrons. The average Bonchev–Trinajstić information content (AvgIpc) is 2.08. The zero-order chi connectivity index (χ0) is 9.14. The molecule has 0 unspecified atom stereocenters. The zero-order valence-corrected chi connectivity index (χ0v) is 7.00. The Labute approximate surface area is 70.4 Å². The third-order valence-electron chi connectivity index (χ3n) is 1.59. The standard InChI is InChI=1S/C8H10N2O2/c1-5-3-4-10-7(6(5)9)8(11)12-2/h3-4H,9H2,1-2H3. The summed E-state index contributed by atoms with van der Waals surface area (Å²) in [6, 6.07) is 1.74. The third-order valence-corrected chi connectivity index (χ3v) is 1.59. The van der Waals surface area contributed by atoms with Gasteiger partial charge in [0.15, 0.2) is 5.69 Å². The fraction of sp³-hybridized carbons (Fsp3) is 0.250. The molecule has 0 atom stereocenters. The molecule has 0 saturated heterocycles. The number of nitrogens with two attached hydrogens (primary N) is 1. The molecule has 0 saturated carbocycles. The lowest BCUT2D eigenvalue weighted by molar-refractivity contribution is 0.0595. The van der Waals surface area contributed by atoms with Gasteiger partial charge in [0.1, 0.15) is 0 Å². The first kappa shape index (κ1) is 8.52. The summed E-state index contributed by atoms with van der Waals surface area (Å²) < 4.78 is 4.49. The van der Waals surface area contributed by atoms with Crippen LogP contribution < -0.4 is 5.73 Å². The summed E-state index contributed by atoms with van der Waals surface area (Å²) in [5.41, 5.74) is 6.98. The minimum atomic E-state index is -0.504.